The molecule has 16 heavy (non-hydrogen) atoms. The van der Waals surface area contributed by atoms with Gasteiger partial charge in [-0.25, -0.2) is 0 Å². The molecule has 0 fully saturated rings. The van der Waals surface area contributed by atoms with Crippen LogP contribution in [0.25, 0.3) is 0 Å². The number of halogens is 1. The van der Waals surface area contributed by atoms with Gasteiger partial charge in [0, 0.05) is 10.6 Å². The Morgan fingerprint density at radius 2 is 2.25 bits per heavy atom. The Kier molecular flexibility index (Phi) is 5.14. The molecule has 0 aromatic heterocycles. The van der Waals surface area contributed by atoms with Crippen molar-refractivity contribution in [1.82, 2.24) is 0 Å². The third-order valence-corrected chi connectivity index (χ3v) is 2.31. The van der Waals surface area contributed by atoms with Gasteiger partial charge in [-0.15, -0.1) is 0 Å². The zero-order valence-corrected chi connectivity index (χ0v) is 10.5. The Morgan fingerprint density at radius 1 is 1.50 bits per heavy atom. The van der Waals surface area contributed by atoms with Crippen molar-refractivity contribution in [3.8, 4) is 0 Å². The minimum Gasteiger partial charge on any atom is -0.391 e. The van der Waals surface area contributed by atoms with Crippen molar-refractivity contribution in [3.63, 3.8) is 0 Å². The zero-order valence-electron chi connectivity index (χ0n) is 8.94. The van der Waals surface area contributed by atoms with E-state index in [0.29, 0.717) is 16.3 Å². The summed E-state index contributed by atoms with van der Waals surface area (Å²) in [5, 5.41) is 4.31. The molecular weight excluding hydrogens is 248 g/mol. The molecule has 0 spiro atoms. The summed E-state index contributed by atoms with van der Waals surface area (Å²) in [5.74, 6) is 0. The van der Waals surface area contributed by atoms with Gasteiger partial charge in [0.1, 0.15) is 6.61 Å². The largest absolute Gasteiger partial charge is 0.391 e. The summed E-state index contributed by atoms with van der Waals surface area (Å²) in [7, 11) is 0. The average molecular weight is 259 g/mol. The topological polar surface area (TPSA) is 51.0 Å². The van der Waals surface area contributed by atoms with Crippen molar-refractivity contribution >= 4 is 34.5 Å². The number of rotatable bonds is 4. The molecule has 0 atom stereocenters. The lowest BCUT2D eigenvalue weighted by molar-refractivity contribution is 0.130. The molecule has 0 N–H and O–H groups in total. The van der Waals surface area contributed by atoms with Gasteiger partial charge in [-0.1, -0.05) is 22.8 Å². The van der Waals surface area contributed by atoms with Crippen LogP contribution >= 0.6 is 11.6 Å². The molecule has 1 rings (SSSR count). The van der Waals surface area contributed by atoms with Crippen molar-refractivity contribution in [1.29, 1.82) is 0 Å². The molecule has 0 bridgehead atoms. The maximum Gasteiger partial charge on any atom is 0.205 e. The van der Waals surface area contributed by atoms with Crippen molar-refractivity contribution in [2.75, 3.05) is 0 Å². The second-order valence-corrected chi connectivity index (χ2v) is 3.95. The monoisotopic (exact) mass is 258 g/mol. The number of oxime groups is 1. The highest BCUT2D eigenvalue weighted by Crippen LogP contribution is 2.27. The van der Waals surface area contributed by atoms with Crippen LogP contribution in [0.15, 0.2) is 27.7 Å². The standard InChI is InChI=1S/C10H11ClN2O2S/c1-7(2)12-15-6-8-9(11)4-3-5-10(8)13-16-14/h3-5H,6H2,1-2H3. The van der Waals surface area contributed by atoms with Crippen LogP contribution in [0.5, 0.6) is 0 Å². The summed E-state index contributed by atoms with van der Waals surface area (Å²) >= 11 is 6.12. The number of hydrogen-bond acceptors (Lipinski definition) is 4. The van der Waals surface area contributed by atoms with E-state index >= 15 is 0 Å². The molecule has 0 radical (unpaired) electrons. The first-order chi connectivity index (χ1) is 7.65. The smallest absolute Gasteiger partial charge is 0.205 e. The Labute approximate surface area is 102 Å². The van der Waals surface area contributed by atoms with Gasteiger partial charge in [0.25, 0.3) is 0 Å². The van der Waals surface area contributed by atoms with E-state index in [4.69, 9.17) is 16.4 Å². The summed E-state index contributed by atoms with van der Waals surface area (Å²) in [6.45, 7) is 3.85. The molecule has 0 saturated heterocycles. The van der Waals surface area contributed by atoms with Gasteiger partial charge in [0.05, 0.1) is 11.4 Å². The lowest BCUT2D eigenvalue weighted by Crippen LogP contribution is -1.91. The summed E-state index contributed by atoms with van der Waals surface area (Å²) in [6, 6.07) is 5.16. The number of benzene rings is 1. The lowest BCUT2D eigenvalue weighted by Gasteiger charge is -2.05. The summed E-state index contributed by atoms with van der Waals surface area (Å²) in [6.07, 6.45) is 0. The van der Waals surface area contributed by atoms with Gasteiger partial charge in [-0.2, -0.15) is 8.57 Å². The fourth-order valence-corrected chi connectivity index (χ4v) is 1.52. The highest BCUT2D eigenvalue weighted by atomic mass is 35.5. The minimum atomic E-state index is 0.142. The van der Waals surface area contributed by atoms with E-state index in [1.165, 1.54) is 0 Å². The summed E-state index contributed by atoms with van der Waals surface area (Å²) in [5.41, 5.74) is 2.00. The number of hydrogen-bond donors (Lipinski definition) is 0. The van der Waals surface area contributed by atoms with Crippen LogP contribution in [0.4, 0.5) is 5.69 Å². The van der Waals surface area contributed by atoms with Crippen LogP contribution in [0.1, 0.15) is 19.4 Å². The minimum absolute atomic E-state index is 0.142. The molecule has 0 aliphatic carbocycles. The lowest BCUT2D eigenvalue weighted by atomic mass is 10.2. The molecule has 1 aromatic rings. The maximum absolute atomic E-state index is 10.4. The fraction of sp³-hybridized carbons (Fsp3) is 0.300. The van der Waals surface area contributed by atoms with Gasteiger partial charge in [0.15, 0.2) is 0 Å². The number of nitrogens with zero attached hydrogens (tertiary/aromatic N) is 2. The van der Waals surface area contributed by atoms with Crippen LogP contribution in [-0.4, -0.2) is 9.92 Å². The Hall–Kier alpha value is -1.20. The normalized spacial score (nSPS) is 9.44. The van der Waals surface area contributed by atoms with Crippen LogP contribution in [0.2, 0.25) is 5.02 Å². The van der Waals surface area contributed by atoms with E-state index in [9.17, 15) is 4.21 Å². The average Bonchev–Trinajstić information content (AvgIpc) is 2.22. The van der Waals surface area contributed by atoms with Gasteiger partial charge < -0.3 is 4.84 Å². The third kappa shape index (κ3) is 3.75. The second kappa shape index (κ2) is 6.40. The van der Waals surface area contributed by atoms with E-state index in [-0.39, 0.29) is 18.1 Å². The quantitative estimate of drug-likeness (QED) is 0.615. The maximum atomic E-state index is 10.4. The Morgan fingerprint density at radius 3 is 2.88 bits per heavy atom. The Balaban J connectivity index is 2.92. The first kappa shape index (κ1) is 12.9. The van der Waals surface area contributed by atoms with E-state index < -0.39 is 0 Å². The highest BCUT2D eigenvalue weighted by Gasteiger charge is 2.06. The van der Waals surface area contributed by atoms with Gasteiger partial charge in [-0.05, 0) is 26.0 Å². The molecule has 4 nitrogen and oxygen atoms in total. The Bertz CT molecular complexity index is 452. The van der Waals surface area contributed by atoms with Crippen LogP contribution in [0, 0.1) is 0 Å². The van der Waals surface area contributed by atoms with Crippen molar-refractivity contribution in [3.05, 3.63) is 28.8 Å². The van der Waals surface area contributed by atoms with E-state index in [1.807, 2.05) is 13.8 Å². The molecular formula is C10H11ClN2O2S. The van der Waals surface area contributed by atoms with Gasteiger partial charge >= 0.3 is 0 Å². The summed E-state index contributed by atoms with van der Waals surface area (Å²) < 4.78 is 14.1. The fourth-order valence-electron chi connectivity index (χ4n) is 1.04. The van der Waals surface area contributed by atoms with Crippen molar-refractivity contribution in [2.45, 2.75) is 20.5 Å². The van der Waals surface area contributed by atoms with E-state index in [2.05, 4.69) is 9.52 Å². The van der Waals surface area contributed by atoms with Crippen LogP contribution in [0.3, 0.4) is 0 Å². The molecule has 0 unspecified atom stereocenters. The SMILES string of the molecule is CC(C)=NOCc1c(Cl)cccc1N=S=O. The van der Waals surface area contributed by atoms with Crippen molar-refractivity contribution in [2.24, 2.45) is 9.52 Å². The van der Waals surface area contributed by atoms with Crippen molar-refractivity contribution < 1.29 is 9.05 Å². The molecule has 0 aliphatic heterocycles. The second-order valence-electron chi connectivity index (χ2n) is 3.22. The summed E-state index contributed by atoms with van der Waals surface area (Å²) in [4.78, 5) is 5.08. The van der Waals surface area contributed by atoms with Crippen LogP contribution in [-0.2, 0) is 22.9 Å². The molecule has 0 saturated carbocycles. The molecule has 0 aliphatic rings. The molecule has 6 heteroatoms. The predicted molar refractivity (Wildman–Crippen MR) is 65.3 cm³/mol. The first-order valence-corrected chi connectivity index (χ1v) is 5.63. The molecule has 0 heterocycles. The highest BCUT2D eigenvalue weighted by molar-refractivity contribution is 7.54. The first-order valence-electron chi connectivity index (χ1n) is 4.55. The van der Waals surface area contributed by atoms with Crippen LogP contribution < -0.4 is 0 Å². The third-order valence-electron chi connectivity index (χ3n) is 1.69. The van der Waals surface area contributed by atoms with Gasteiger partial charge in [0.2, 0.25) is 11.5 Å². The van der Waals surface area contributed by atoms with E-state index in [0.717, 1.165) is 5.71 Å². The zero-order chi connectivity index (χ0) is 12.0. The molecule has 1 aromatic carbocycles. The molecule has 0 amide bonds. The van der Waals surface area contributed by atoms with Gasteiger partial charge in [-0.3, -0.25) is 0 Å². The molecule has 86 valence electrons. The van der Waals surface area contributed by atoms with E-state index in [1.54, 1.807) is 18.2 Å². The predicted octanol–water partition coefficient (Wildman–Crippen LogP) is 3.28.